The molecule has 1 saturated carbocycles. The zero-order valence-electron chi connectivity index (χ0n) is 26.4. The van der Waals surface area contributed by atoms with Gasteiger partial charge in [-0.05, 0) is 90.8 Å². The molecule has 0 heterocycles. The molecule has 0 radical (unpaired) electrons. The molecule has 1 unspecified atom stereocenters. The molecule has 6 heteroatoms. The third-order valence-electron chi connectivity index (χ3n) is 8.76. The molecular formula is C38H48F2O4. The van der Waals surface area contributed by atoms with Crippen LogP contribution in [0.5, 0.6) is 0 Å². The SMILES string of the molecule is CCCCCc1ccc(-c2ccc(-c3ccc(C(F)(F)OC4CCC(CC(CO)COC(=O)C(C)C)CC4)cc3)cc2)cc1. The van der Waals surface area contributed by atoms with E-state index in [4.69, 9.17) is 9.47 Å². The van der Waals surface area contributed by atoms with Crippen molar-refractivity contribution < 1.29 is 28.2 Å². The van der Waals surface area contributed by atoms with Gasteiger partial charge in [0.05, 0.1) is 24.2 Å². The summed E-state index contributed by atoms with van der Waals surface area (Å²) in [5.41, 5.74) is 5.35. The number of rotatable bonds is 15. The van der Waals surface area contributed by atoms with E-state index in [1.807, 2.05) is 12.1 Å². The molecule has 4 nitrogen and oxygen atoms in total. The molecule has 1 aliphatic rings. The minimum atomic E-state index is -3.37. The lowest BCUT2D eigenvalue weighted by atomic mass is 9.82. The fraction of sp³-hybridized carbons (Fsp3) is 0.500. The smallest absolute Gasteiger partial charge is 0.383 e. The second-order valence-corrected chi connectivity index (χ2v) is 12.7. The van der Waals surface area contributed by atoms with Crippen LogP contribution in [0.3, 0.4) is 0 Å². The molecule has 0 aliphatic heterocycles. The number of hydrogen-bond donors (Lipinski definition) is 1. The van der Waals surface area contributed by atoms with Gasteiger partial charge >= 0.3 is 12.1 Å². The number of aliphatic hydroxyl groups excluding tert-OH is 1. The zero-order valence-corrected chi connectivity index (χ0v) is 26.4. The predicted octanol–water partition coefficient (Wildman–Crippen LogP) is 9.58. The van der Waals surface area contributed by atoms with E-state index in [1.54, 1.807) is 26.0 Å². The van der Waals surface area contributed by atoms with Gasteiger partial charge in [-0.3, -0.25) is 4.79 Å². The van der Waals surface area contributed by atoms with Gasteiger partial charge in [-0.2, -0.15) is 8.78 Å². The van der Waals surface area contributed by atoms with Crippen molar-refractivity contribution in [3.8, 4) is 22.3 Å². The van der Waals surface area contributed by atoms with Crippen molar-refractivity contribution in [2.75, 3.05) is 13.2 Å². The number of hydrogen-bond acceptors (Lipinski definition) is 4. The van der Waals surface area contributed by atoms with Crippen LogP contribution in [0.25, 0.3) is 22.3 Å². The van der Waals surface area contributed by atoms with Crippen molar-refractivity contribution in [2.24, 2.45) is 17.8 Å². The fourth-order valence-electron chi connectivity index (χ4n) is 5.95. The van der Waals surface area contributed by atoms with E-state index >= 15 is 8.78 Å². The minimum absolute atomic E-state index is 0.0624. The molecule has 4 rings (SSSR count). The summed E-state index contributed by atoms with van der Waals surface area (Å²) in [4.78, 5) is 11.7. The summed E-state index contributed by atoms with van der Waals surface area (Å²) in [6, 6.07) is 23.3. The van der Waals surface area contributed by atoms with E-state index in [2.05, 4.69) is 43.3 Å². The van der Waals surface area contributed by atoms with E-state index in [0.717, 1.165) is 41.5 Å². The maximum atomic E-state index is 15.1. The number of aliphatic hydroxyl groups is 1. The Morgan fingerprint density at radius 1 is 0.841 bits per heavy atom. The van der Waals surface area contributed by atoms with Crippen LogP contribution < -0.4 is 0 Å². The summed E-state index contributed by atoms with van der Waals surface area (Å²) in [7, 11) is 0. The van der Waals surface area contributed by atoms with Crippen LogP contribution in [0.2, 0.25) is 0 Å². The third-order valence-corrected chi connectivity index (χ3v) is 8.76. The number of halogens is 2. The number of carbonyl (C=O) groups excluding carboxylic acids is 1. The van der Waals surface area contributed by atoms with Crippen LogP contribution in [0.1, 0.15) is 83.3 Å². The molecular weight excluding hydrogens is 558 g/mol. The molecule has 3 aromatic carbocycles. The number of ether oxygens (including phenoxy) is 2. The average molecular weight is 607 g/mol. The minimum Gasteiger partial charge on any atom is -0.465 e. The largest absolute Gasteiger partial charge is 0.465 e. The molecule has 0 saturated heterocycles. The first-order chi connectivity index (χ1) is 21.2. The second-order valence-electron chi connectivity index (χ2n) is 12.7. The number of alkyl halides is 2. The van der Waals surface area contributed by atoms with E-state index in [0.29, 0.717) is 25.2 Å². The Balaban J connectivity index is 1.27. The highest BCUT2D eigenvalue weighted by Gasteiger charge is 2.37. The third kappa shape index (κ3) is 9.70. The molecule has 1 fully saturated rings. The normalized spacial score (nSPS) is 17.9. The summed E-state index contributed by atoms with van der Waals surface area (Å²) >= 11 is 0. The lowest BCUT2D eigenvalue weighted by Gasteiger charge is -2.32. The van der Waals surface area contributed by atoms with E-state index in [1.165, 1.54) is 37.0 Å². The quantitative estimate of drug-likeness (QED) is 0.138. The van der Waals surface area contributed by atoms with Crippen LogP contribution >= 0.6 is 0 Å². The van der Waals surface area contributed by atoms with Gasteiger partial charge in [-0.1, -0.05) is 94.3 Å². The Labute approximate surface area is 261 Å². The summed E-state index contributed by atoms with van der Waals surface area (Å²) in [5.74, 6) is -0.329. The Bertz CT molecular complexity index is 1280. The molecule has 1 atom stereocenters. The molecule has 1 aliphatic carbocycles. The topological polar surface area (TPSA) is 55.8 Å². The van der Waals surface area contributed by atoms with Crippen molar-refractivity contribution in [2.45, 2.75) is 90.8 Å². The van der Waals surface area contributed by atoms with Gasteiger partial charge in [0.2, 0.25) is 0 Å². The molecule has 0 amide bonds. The zero-order chi connectivity index (χ0) is 31.5. The molecule has 1 N–H and O–H groups in total. The second kappa shape index (κ2) is 16.3. The Kier molecular flexibility index (Phi) is 12.5. The molecule has 3 aromatic rings. The van der Waals surface area contributed by atoms with Crippen molar-refractivity contribution in [3.05, 3.63) is 83.9 Å². The van der Waals surface area contributed by atoms with Crippen molar-refractivity contribution >= 4 is 5.97 Å². The van der Waals surface area contributed by atoms with Gasteiger partial charge in [0, 0.05) is 12.5 Å². The summed E-state index contributed by atoms with van der Waals surface area (Å²) in [6.07, 6.45) is 4.18. The van der Waals surface area contributed by atoms with Gasteiger partial charge in [-0.25, -0.2) is 0 Å². The first kappa shape index (κ1) is 33.8. The van der Waals surface area contributed by atoms with Crippen LogP contribution in [-0.2, 0) is 26.8 Å². The van der Waals surface area contributed by atoms with Crippen LogP contribution in [0.15, 0.2) is 72.8 Å². The molecule has 238 valence electrons. The number of benzene rings is 3. The molecule has 0 aromatic heterocycles. The maximum Gasteiger partial charge on any atom is 0.383 e. The lowest BCUT2D eigenvalue weighted by Crippen LogP contribution is -2.31. The molecule has 0 spiro atoms. The first-order valence-electron chi connectivity index (χ1n) is 16.3. The Morgan fingerprint density at radius 2 is 1.36 bits per heavy atom. The predicted molar refractivity (Wildman–Crippen MR) is 172 cm³/mol. The number of carbonyl (C=O) groups is 1. The average Bonchev–Trinajstić information content (AvgIpc) is 3.04. The summed E-state index contributed by atoms with van der Waals surface area (Å²) in [6.45, 7) is 5.89. The molecule has 0 bridgehead atoms. The highest BCUT2D eigenvalue weighted by atomic mass is 19.3. The maximum absolute atomic E-state index is 15.1. The van der Waals surface area contributed by atoms with Gasteiger partial charge < -0.3 is 14.6 Å². The molecule has 44 heavy (non-hydrogen) atoms. The number of unbranched alkanes of at least 4 members (excludes halogenated alkanes) is 2. The van der Waals surface area contributed by atoms with Gasteiger partial charge in [-0.15, -0.1) is 0 Å². The van der Waals surface area contributed by atoms with Crippen molar-refractivity contribution in [3.63, 3.8) is 0 Å². The fourth-order valence-corrected chi connectivity index (χ4v) is 5.95. The highest BCUT2D eigenvalue weighted by molar-refractivity contribution is 5.71. The van der Waals surface area contributed by atoms with Crippen LogP contribution in [-0.4, -0.2) is 30.4 Å². The monoisotopic (exact) mass is 606 g/mol. The standard InChI is InChI=1S/C38H48F2O4/c1-4-5-6-7-28-8-12-31(13-9-28)32-14-16-33(17-15-32)34-18-20-35(21-19-34)38(39,40)44-36-22-10-29(11-23-36)24-30(25-41)26-43-37(42)27(2)3/h8-9,12-21,27,29-30,36,41H,4-7,10-11,22-26H2,1-3H3. The number of aryl methyl sites for hydroxylation is 1. The van der Waals surface area contributed by atoms with Crippen LogP contribution in [0.4, 0.5) is 8.78 Å². The first-order valence-corrected chi connectivity index (χ1v) is 16.3. The van der Waals surface area contributed by atoms with Gasteiger partial charge in [0.1, 0.15) is 0 Å². The number of esters is 1. The van der Waals surface area contributed by atoms with E-state index < -0.39 is 12.2 Å². The van der Waals surface area contributed by atoms with E-state index in [9.17, 15) is 9.90 Å². The Hall–Kier alpha value is -3.09. The van der Waals surface area contributed by atoms with Gasteiger partial charge in [0.15, 0.2) is 0 Å². The van der Waals surface area contributed by atoms with Gasteiger partial charge in [0.25, 0.3) is 0 Å². The summed E-state index contributed by atoms with van der Waals surface area (Å²) in [5, 5.41) is 9.71. The van der Waals surface area contributed by atoms with Crippen LogP contribution in [0, 0.1) is 17.8 Å². The van der Waals surface area contributed by atoms with Crippen molar-refractivity contribution in [1.82, 2.24) is 0 Å². The highest BCUT2D eigenvalue weighted by Crippen LogP contribution is 2.38. The lowest BCUT2D eigenvalue weighted by molar-refractivity contribution is -0.278. The summed E-state index contributed by atoms with van der Waals surface area (Å²) < 4.78 is 40.9. The van der Waals surface area contributed by atoms with Crippen molar-refractivity contribution in [1.29, 1.82) is 0 Å². The Morgan fingerprint density at radius 3 is 1.86 bits per heavy atom. The van der Waals surface area contributed by atoms with E-state index in [-0.39, 0.29) is 36.6 Å².